The van der Waals surface area contributed by atoms with Crippen molar-refractivity contribution in [3.05, 3.63) is 47.9 Å². The predicted octanol–water partition coefficient (Wildman–Crippen LogP) is 2.64. The van der Waals surface area contributed by atoms with Crippen LogP contribution in [0.5, 0.6) is 0 Å². The van der Waals surface area contributed by atoms with Gasteiger partial charge in [-0.15, -0.1) is 0 Å². The topological polar surface area (TPSA) is 91.1 Å². The largest absolute Gasteiger partial charge is 0.467 e. The molecule has 0 bridgehead atoms. The number of hydrogen-bond acceptors (Lipinski definition) is 5. The molecule has 2 amide bonds. The van der Waals surface area contributed by atoms with Crippen LogP contribution in [-0.4, -0.2) is 55.6 Å². The lowest BCUT2D eigenvalue weighted by molar-refractivity contribution is -0.136. The van der Waals surface area contributed by atoms with Crippen molar-refractivity contribution in [2.45, 2.75) is 50.6 Å². The smallest absolute Gasteiger partial charge is 0.243 e. The maximum absolute atomic E-state index is 13.2. The average molecular weight is 460 g/mol. The van der Waals surface area contributed by atoms with Crippen molar-refractivity contribution < 1.29 is 22.4 Å². The van der Waals surface area contributed by atoms with Gasteiger partial charge in [0.25, 0.3) is 0 Å². The Morgan fingerprint density at radius 3 is 2.53 bits per heavy atom. The second kappa shape index (κ2) is 8.71. The number of anilines is 1. The van der Waals surface area contributed by atoms with Crippen molar-refractivity contribution in [2.75, 3.05) is 25.0 Å². The molecule has 0 spiro atoms. The van der Waals surface area contributed by atoms with Gasteiger partial charge in [-0.25, -0.2) is 8.42 Å². The molecule has 0 radical (unpaired) electrons. The summed E-state index contributed by atoms with van der Waals surface area (Å²) in [6.45, 7) is 4.49. The number of piperidine rings is 1. The van der Waals surface area contributed by atoms with Crippen LogP contribution >= 0.6 is 0 Å². The molecule has 32 heavy (non-hydrogen) atoms. The molecule has 3 heterocycles. The van der Waals surface area contributed by atoms with Gasteiger partial charge >= 0.3 is 0 Å². The Morgan fingerprint density at radius 2 is 1.91 bits per heavy atom. The molecular formula is C23H29N3O5S. The van der Waals surface area contributed by atoms with E-state index in [1.54, 1.807) is 47.4 Å². The lowest BCUT2D eigenvalue weighted by Crippen LogP contribution is -2.43. The van der Waals surface area contributed by atoms with E-state index in [-0.39, 0.29) is 28.7 Å². The maximum Gasteiger partial charge on any atom is 0.243 e. The lowest BCUT2D eigenvalue weighted by Gasteiger charge is -2.32. The third-order valence-electron chi connectivity index (χ3n) is 6.40. The summed E-state index contributed by atoms with van der Waals surface area (Å²) >= 11 is 0. The van der Waals surface area contributed by atoms with E-state index in [1.807, 2.05) is 13.0 Å². The molecule has 4 rings (SSSR count). The van der Waals surface area contributed by atoms with Gasteiger partial charge in [0.05, 0.1) is 17.7 Å². The molecule has 1 saturated heterocycles. The number of nitrogens with zero attached hydrogens (tertiary/aromatic N) is 3. The minimum atomic E-state index is -3.66. The van der Waals surface area contributed by atoms with Crippen molar-refractivity contribution in [1.82, 2.24) is 9.21 Å². The van der Waals surface area contributed by atoms with Crippen LogP contribution in [0.15, 0.2) is 45.9 Å². The fourth-order valence-electron chi connectivity index (χ4n) is 4.77. The van der Waals surface area contributed by atoms with E-state index >= 15 is 0 Å². The molecule has 1 atom stereocenters. The molecule has 1 unspecified atom stereocenters. The molecule has 1 aromatic heterocycles. The Morgan fingerprint density at radius 1 is 1.19 bits per heavy atom. The summed E-state index contributed by atoms with van der Waals surface area (Å²) in [5.74, 6) is 0.478. The Kier molecular flexibility index (Phi) is 6.13. The number of rotatable bonds is 5. The van der Waals surface area contributed by atoms with Crippen molar-refractivity contribution in [1.29, 1.82) is 0 Å². The van der Waals surface area contributed by atoms with Crippen LogP contribution in [-0.2, 0) is 32.6 Å². The van der Waals surface area contributed by atoms with Gasteiger partial charge in [0, 0.05) is 44.7 Å². The number of amides is 2. The number of fused-ring (bicyclic) bond motifs is 1. The average Bonchev–Trinajstić information content (AvgIpc) is 3.39. The Labute approximate surface area is 188 Å². The molecule has 2 aromatic rings. The fraction of sp³-hybridized carbons (Fsp3) is 0.478. The van der Waals surface area contributed by atoms with E-state index in [4.69, 9.17) is 4.42 Å². The van der Waals surface area contributed by atoms with Crippen LogP contribution in [0.4, 0.5) is 5.69 Å². The van der Waals surface area contributed by atoms with Crippen molar-refractivity contribution in [3.63, 3.8) is 0 Å². The molecule has 2 aliphatic rings. The number of furan rings is 1. The summed E-state index contributed by atoms with van der Waals surface area (Å²) in [5.41, 5.74) is 1.66. The van der Waals surface area contributed by atoms with E-state index in [0.29, 0.717) is 38.9 Å². The van der Waals surface area contributed by atoms with Crippen LogP contribution in [0, 0.1) is 5.92 Å². The van der Waals surface area contributed by atoms with E-state index < -0.39 is 10.0 Å². The highest BCUT2D eigenvalue weighted by Crippen LogP contribution is 2.35. The summed E-state index contributed by atoms with van der Waals surface area (Å²) in [6, 6.07) is 8.63. The monoisotopic (exact) mass is 459 g/mol. The Balaban J connectivity index is 1.42. The molecule has 1 fully saturated rings. The maximum atomic E-state index is 13.2. The molecule has 0 aliphatic carbocycles. The molecule has 8 nitrogen and oxygen atoms in total. The highest BCUT2D eigenvalue weighted by molar-refractivity contribution is 7.89. The first kappa shape index (κ1) is 22.5. The molecule has 9 heteroatoms. The summed E-state index contributed by atoms with van der Waals surface area (Å²) < 4.78 is 33.3. The van der Waals surface area contributed by atoms with Crippen LogP contribution in [0.1, 0.15) is 38.0 Å². The van der Waals surface area contributed by atoms with Crippen LogP contribution in [0.2, 0.25) is 0 Å². The minimum Gasteiger partial charge on any atom is -0.467 e. The van der Waals surface area contributed by atoms with Crippen molar-refractivity contribution in [2.24, 2.45) is 5.92 Å². The van der Waals surface area contributed by atoms with Gasteiger partial charge in [-0.05, 0) is 62.1 Å². The van der Waals surface area contributed by atoms with Crippen LogP contribution in [0.3, 0.4) is 0 Å². The first-order chi connectivity index (χ1) is 15.2. The second-order valence-corrected chi connectivity index (χ2v) is 10.6. The number of sulfonamides is 1. The number of carbonyl (C=O) groups excluding carboxylic acids is 2. The van der Waals surface area contributed by atoms with Gasteiger partial charge < -0.3 is 14.2 Å². The van der Waals surface area contributed by atoms with Gasteiger partial charge in [-0.2, -0.15) is 4.31 Å². The molecule has 1 aromatic carbocycles. The van der Waals surface area contributed by atoms with Crippen LogP contribution < -0.4 is 4.90 Å². The zero-order valence-corrected chi connectivity index (χ0v) is 19.5. The normalized spacial score (nSPS) is 19.7. The highest BCUT2D eigenvalue weighted by Gasteiger charge is 2.35. The van der Waals surface area contributed by atoms with Crippen molar-refractivity contribution in [3.8, 4) is 0 Å². The third kappa shape index (κ3) is 4.19. The predicted molar refractivity (Wildman–Crippen MR) is 119 cm³/mol. The summed E-state index contributed by atoms with van der Waals surface area (Å²) in [4.78, 5) is 28.3. The fourth-order valence-corrected chi connectivity index (χ4v) is 6.29. The van der Waals surface area contributed by atoms with E-state index in [2.05, 4.69) is 0 Å². The third-order valence-corrected chi connectivity index (χ3v) is 8.29. The molecule has 172 valence electrons. The summed E-state index contributed by atoms with van der Waals surface area (Å²) in [5, 5.41) is 0. The van der Waals surface area contributed by atoms with Gasteiger partial charge in [-0.3, -0.25) is 9.59 Å². The zero-order chi connectivity index (χ0) is 23.0. The van der Waals surface area contributed by atoms with Crippen molar-refractivity contribution >= 4 is 27.5 Å². The number of benzene rings is 1. The lowest BCUT2D eigenvalue weighted by atomic mass is 9.96. The van der Waals surface area contributed by atoms with E-state index in [9.17, 15) is 18.0 Å². The standard InChI is InChI=1S/C23H29N3O5S/c1-16-13-19-14-21(6-7-22(19)26(16)17(2)27)32(29,30)25-10-8-18(9-11-25)23(28)24(3)15-20-5-4-12-31-20/h4-7,12,14,16,18H,8-11,13,15H2,1-3H3. The molecule has 2 aliphatic heterocycles. The summed E-state index contributed by atoms with van der Waals surface area (Å²) in [6.07, 6.45) is 3.19. The molecule has 0 saturated carbocycles. The first-order valence-electron chi connectivity index (χ1n) is 10.9. The van der Waals surface area contributed by atoms with E-state index in [0.717, 1.165) is 17.0 Å². The Bertz CT molecular complexity index is 1100. The second-order valence-electron chi connectivity index (χ2n) is 8.68. The SMILES string of the molecule is CC(=O)N1c2ccc(S(=O)(=O)N3CCC(C(=O)N(C)Cc4ccco4)CC3)cc2CC1C. The Hall–Kier alpha value is -2.65. The quantitative estimate of drug-likeness (QED) is 0.686. The number of hydrogen-bond donors (Lipinski definition) is 0. The molecule has 0 N–H and O–H groups in total. The first-order valence-corrected chi connectivity index (χ1v) is 12.3. The minimum absolute atomic E-state index is 0.00860. The van der Waals surface area contributed by atoms with Gasteiger partial charge in [0.2, 0.25) is 21.8 Å². The van der Waals surface area contributed by atoms with E-state index in [1.165, 1.54) is 11.2 Å². The summed E-state index contributed by atoms with van der Waals surface area (Å²) in [7, 11) is -1.92. The highest BCUT2D eigenvalue weighted by atomic mass is 32.2. The van der Waals surface area contributed by atoms with Gasteiger partial charge in [-0.1, -0.05) is 0 Å². The zero-order valence-electron chi connectivity index (χ0n) is 18.7. The van der Waals surface area contributed by atoms with Crippen LogP contribution in [0.25, 0.3) is 0 Å². The molecular weight excluding hydrogens is 430 g/mol. The number of carbonyl (C=O) groups is 2. The van der Waals surface area contributed by atoms with Gasteiger partial charge in [0.1, 0.15) is 5.76 Å². The van der Waals surface area contributed by atoms with Gasteiger partial charge in [0.15, 0.2) is 0 Å².